The lowest BCUT2D eigenvalue weighted by atomic mass is 10.1. The number of benzene rings is 1. The van der Waals surface area contributed by atoms with E-state index in [4.69, 9.17) is 21.4 Å². The van der Waals surface area contributed by atoms with Crippen LogP contribution in [0.5, 0.6) is 5.75 Å². The van der Waals surface area contributed by atoms with Gasteiger partial charge in [-0.3, -0.25) is 9.48 Å². The van der Waals surface area contributed by atoms with Gasteiger partial charge in [0.2, 0.25) is 0 Å². The van der Waals surface area contributed by atoms with Crippen molar-refractivity contribution in [2.75, 3.05) is 19.0 Å². The number of ether oxygens (including phenoxy) is 1. The molecule has 1 amide bonds. The van der Waals surface area contributed by atoms with E-state index in [1.54, 1.807) is 48.3 Å². The Bertz CT molecular complexity index is 1280. The van der Waals surface area contributed by atoms with E-state index in [1.165, 1.54) is 6.20 Å². The van der Waals surface area contributed by atoms with E-state index in [0.717, 1.165) is 19.4 Å². The summed E-state index contributed by atoms with van der Waals surface area (Å²) in [5.74, 6) is 0.297. The quantitative estimate of drug-likeness (QED) is 0.467. The number of amides is 1. The minimum atomic E-state index is -0.320. The molecule has 164 valence electrons. The zero-order valence-corrected chi connectivity index (χ0v) is 18.2. The Labute approximate surface area is 189 Å². The molecule has 3 aromatic heterocycles. The van der Waals surface area contributed by atoms with Gasteiger partial charge in [-0.15, -0.1) is 0 Å². The van der Waals surface area contributed by atoms with E-state index in [-0.39, 0.29) is 5.91 Å². The third-order valence-corrected chi connectivity index (χ3v) is 5.76. The molecular formula is C22H22ClN7O2. The Balaban J connectivity index is 1.53. The summed E-state index contributed by atoms with van der Waals surface area (Å²) in [4.78, 5) is 17.4. The van der Waals surface area contributed by atoms with Crippen LogP contribution in [0.2, 0.25) is 5.02 Å². The van der Waals surface area contributed by atoms with E-state index < -0.39 is 0 Å². The predicted molar refractivity (Wildman–Crippen MR) is 121 cm³/mol. The molecule has 0 radical (unpaired) electrons. The molecule has 10 heteroatoms. The first-order valence-corrected chi connectivity index (χ1v) is 10.7. The van der Waals surface area contributed by atoms with Crippen molar-refractivity contribution in [3.63, 3.8) is 0 Å². The minimum absolute atomic E-state index is 0.320. The van der Waals surface area contributed by atoms with Gasteiger partial charge in [0, 0.05) is 35.2 Å². The molecule has 1 fully saturated rings. The first kappa shape index (κ1) is 20.5. The van der Waals surface area contributed by atoms with E-state index in [1.807, 2.05) is 10.9 Å². The van der Waals surface area contributed by atoms with Crippen LogP contribution in [0, 0.1) is 0 Å². The number of nitrogens with zero attached hydrogens (tertiary/aromatic N) is 5. The maximum Gasteiger partial charge on any atom is 0.261 e. The number of methoxy groups -OCH3 is 1. The molecule has 0 bridgehead atoms. The zero-order valence-electron chi connectivity index (χ0n) is 17.5. The molecule has 1 aromatic carbocycles. The van der Waals surface area contributed by atoms with Crippen molar-refractivity contribution < 1.29 is 9.53 Å². The van der Waals surface area contributed by atoms with Crippen LogP contribution < -0.4 is 15.4 Å². The zero-order chi connectivity index (χ0) is 22.1. The molecule has 9 nitrogen and oxygen atoms in total. The monoisotopic (exact) mass is 451 g/mol. The highest BCUT2D eigenvalue weighted by Gasteiger charge is 2.22. The standard InChI is InChI=1S/C22H22ClN7O2/c1-32-19-6-5-14(23)10-16(19)20-18(13-29(28-20)12-15-4-2-7-24-15)27-22(31)17-11-26-30-9-3-8-25-21(17)30/h3,5-6,8-11,13,15,24H,2,4,7,12H2,1H3,(H,27,31). The van der Waals surface area contributed by atoms with Gasteiger partial charge >= 0.3 is 0 Å². The number of rotatable bonds is 6. The molecule has 32 heavy (non-hydrogen) atoms. The van der Waals surface area contributed by atoms with Crippen LogP contribution >= 0.6 is 11.6 Å². The van der Waals surface area contributed by atoms with Gasteiger partial charge in [0.15, 0.2) is 5.65 Å². The lowest BCUT2D eigenvalue weighted by Crippen LogP contribution is -2.26. The van der Waals surface area contributed by atoms with Crippen molar-refractivity contribution in [3.8, 4) is 17.0 Å². The Morgan fingerprint density at radius 2 is 2.31 bits per heavy atom. The molecule has 1 aliphatic rings. The van der Waals surface area contributed by atoms with Crippen molar-refractivity contribution in [2.24, 2.45) is 0 Å². The smallest absolute Gasteiger partial charge is 0.261 e. The average Bonchev–Trinajstić information content (AvgIpc) is 3.54. The first-order chi connectivity index (χ1) is 15.6. The molecule has 4 heterocycles. The number of hydrogen-bond acceptors (Lipinski definition) is 6. The van der Waals surface area contributed by atoms with Crippen molar-refractivity contribution in [1.82, 2.24) is 29.7 Å². The van der Waals surface area contributed by atoms with Crippen molar-refractivity contribution in [3.05, 3.63) is 59.6 Å². The van der Waals surface area contributed by atoms with Gasteiger partial charge in [-0.1, -0.05) is 11.6 Å². The van der Waals surface area contributed by atoms with Crippen LogP contribution in [0.25, 0.3) is 16.9 Å². The summed E-state index contributed by atoms with van der Waals surface area (Å²) < 4.78 is 8.94. The number of anilines is 1. The third-order valence-electron chi connectivity index (χ3n) is 5.52. The van der Waals surface area contributed by atoms with Crippen LogP contribution in [0.1, 0.15) is 23.2 Å². The summed E-state index contributed by atoms with van der Waals surface area (Å²) in [5.41, 5.74) is 2.70. The first-order valence-electron chi connectivity index (χ1n) is 10.4. The highest BCUT2D eigenvalue weighted by Crippen LogP contribution is 2.36. The van der Waals surface area contributed by atoms with Crippen LogP contribution in [-0.2, 0) is 6.54 Å². The molecule has 1 atom stereocenters. The summed E-state index contributed by atoms with van der Waals surface area (Å²) >= 11 is 6.27. The van der Waals surface area contributed by atoms with E-state index in [0.29, 0.717) is 51.5 Å². The van der Waals surface area contributed by atoms with Crippen molar-refractivity contribution >= 4 is 28.8 Å². The number of fused-ring (bicyclic) bond motifs is 1. The fourth-order valence-corrected chi connectivity index (χ4v) is 4.16. The fourth-order valence-electron chi connectivity index (χ4n) is 3.99. The highest BCUT2D eigenvalue weighted by molar-refractivity contribution is 6.31. The number of aromatic nitrogens is 5. The van der Waals surface area contributed by atoms with Crippen LogP contribution in [-0.4, -0.2) is 50.0 Å². The van der Waals surface area contributed by atoms with Crippen LogP contribution in [0.15, 0.2) is 49.1 Å². The van der Waals surface area contributed by atoms with E-state index in [9.17, 15) is 4.79 Å². The van der Waals surface area contributed by atoms with E-state index >= 15 is 0 Å². The SMILES string of the molecule is COc1ccc(Cl)cc1-c1nn(CC2CCCN2)cc1NC(=O)c1cnn2cccnc12. The van der Waals surface area contributed by atoms with Gasteiger partial charge in [-0.25, -0.2) is 9.50 Å². The van der Waals surface area contributed by atoms with Gasteiger partial charge < -0.3 is 15.4 Å². The van der Waals surface area contributed by atoms with Gasteiger partial charge in [0.1, 0.15) is 17.0 Å². The van der Waals surface area contributed by atoms with Crippen molar-refractivity contribution in [2.45, 2.75) is 25.4 Å². The van der Waals surface area contributed by atoms with Crippen LogP contribution in [0.3, 0.4) is 0 Å². The second-order valence-electron chi connectivity index (χ2n) is 7.65. The van der Waals surface area contributed by atoms with Crippen molar-refractivity contribution in [1.29, 1.82) is 0 Å². The summed E-state index contributed by atoms with van der Waals surface area (Å²) in [6, 6.07) is 7.43. The van der Waals surface area contributed by atoms with Gasteiger partial charge in [0.25, 0.3) is 5.91 Å². The summed E-state index contributed by atoms with van der Waals surface area (Å²) in [5, 5.41) is 16.0. The summed E-state index contributed by atoms with van der Waals surface area (Å²) in [6.45, 7) is 1.70. The van der Waals surface area contributed by atoms with E-state index in [2.05, 4.69) is 20.7 Å². The lowest BCUT2D eigenvalue weighted by Gasteiger charge is -2.10. The molecule has 1 unspecified atom stereocenters. The summed E-state index contributed by atoms with van der Waals surface area (Å²) in [6.07, 6.45) is 8.95. The lowest BCUT2D eigenvalue weighted by molar-refractivity contribution is 0.102. The number of carbonyl (C=O) groups is 1. The molecule has 0 aliphatic carbocycles. The second kappa shape index (κ2) is 8.60. The molecule has 4 aromatic rings. The van der Waals surface area contributed by atoms with Gasteiger partial charge in [0.05, 0.1) is 25.5 Å². The molecule has 1 saturated heterocycles. The maximum absolute atomic E-state index is 13.1. The Morgan fingerprint density at radius 3 is 3.12 bits per heavy atom. The molecular weight excluding hydrogens is 430 g/mol. The molecule has 1 aliphatic heterocycles. The summed E-state index contributed by atoms with van der Waals surface area (Å²) in [7, 11) is 1.59. The Hall–Kier alpha value is -3.43. The topological polar surface area (TPSA) is 98.4 Å². The minimum Gasteiger partial charge on any atom is -0.496 e. The number of carbonyl (C=O) groups excluding carboxylic acids is 1. The maximum atomic E-state index is 13.1. The number of halogens is 1. The Kier molecular flexibility index (Phi) is 5.50. The number of nitrogens with one attached hydrogen (secondary N) is 2. The van der Waals surface area contributed by atoms with Gasteiger partial charge in [-0.05, 0) is 43.7 Å². The predicted octanol–water partition coefficient (Wildman–Crippen LogP) is 3.26. The van der Waals surface area contributed by atoms with Crippen LogP contribution in [0.4, 0.5) is 5.69 Å². The molecule has 0 spiro atoms. The normalized spacial score (nSPS) is 15.9. The third kappa shape index (κ3) is 3.92. The molecule has 5 rings (SSSR count). The van der Waals surface area contributed by atoms with Gasteiger partial charge in [-0.2, -0.15) is 10.2 Å². The fraction of sp³-hybridized carbons (Fsp3) is 0.273. The highest BCUT2D eigenvalue weighted by atomic mass is 35.5. The Morgan fingerprint density at radius 1 is 1.41 bits per heavy atom. The molecule has 0 saturated carbocycles. The molecule has 2 N–H and O–H groups in total. The second-order valence-corrected chi connectivity index (χ2v) is 8.09. The number of hydrogen-bond donors (Lipinski definition) is 2. The largest absolute Gasteiger partial charge is 0.496 e. The average molecular weight is 452 g/mol.